The number of aliphatic hydroxyl groups excluding tert-OH is 4. The van der Waals surface area contributed by atoms with E-state index in [9.17, 15) is 0 Å². The van der Waals surface area contributed by atoms with Crippen molar-refractivity contribution in [3.63, 3.8) is 0 Å². The van der Waals surface area contributed by atoms with E-state index in [1.165, 1.54) is 0 Å². The summed E-state index contributed by atoms with van der Waals surface area (Å²) >= 11 is 0. The number of rotatable bonds is 5. The Bertz CT molecular complexity index is 104. The van der Waals surface area contributed by atoms with E-state index in [1.807, 2.05) is 6.92 Å². The predicted molar refractivity (Wildman–Crippen MR) is 56.0 cm³/mol. The van der Waals surface area contributed by atoms with Gasteiger partial charge in [0.15, 0.2) is 0 Å². The predicted octanol–water partition coefficient (Wildman–Crippen LogP) is 0.278. The van der Waals surface area contributed by atoms with E-state index in [4.69, 9.17) is 20.4 Å². The summed E-state index contributed by atoms with van der Waals surface area (Å²) < 4.78 is 0. The second kappa shape index (κ2) is 10.9. The van der Waals surface area contributed by atoms with E-state index in [2.05, 4.69) is 0 Å². The first kappa shape index (κ1) is 16.3. The molecule has 3 atom stereocenters. The monoisotopic (exact) mass is 208 g/mol. The van der Waals surface area contributed by atoms with Gasteiger partial charge in [0.05, 0.1) is 18.3 Å². The van der Waals surface area contributed by atoms with Crippen molar-refractivity contribution in [2.45, 2.75) is 58.3 Å². The quantitative estimate of drug-likeness (QED) is 0.523. The molecule has 0 bridgehead atoms. The molecule has 14 heavy (non-hydrogen) atoms. The highest BCUT2D eigenvalue weighted by molar-refractivity contribution is 4.56. The summed E-state index contributed by atoms with van der Waals surface area (Å²) in [6.45, 7) is 5.31. The van der Waals surface area contributed by atoms with Crippen molar-refractivity contribution in [1.29, 1.82) is 0 Å². The molecular formula is C10H24O4. The molecule has 0 aromatic carbocycles. The average Bonchev–Trinajstić information content (AvgIpc) is 2.14. The summed E-state index contributed by atoms with van der Waals surface area (Å²) in [6, 6.07) is 0. The van der Waals surface area contributed by atoms with E-state index >= 15 is 0 Å². The lowest BCUT2D eigenvalue weighted by Gasteiger charge is -2.08. The first-order valence-electron chi connectivity index (χ1n) is 5.10. The van der Waals surface area contributed by atoms with Crippen molar-refractivity contribution >= 4 is 0 Å². The van der Waals surface area contributed by atoms with Crippen LogP contribution >= 0.6 is 0 Å². The average molecular weight is 208 g/mol. The smallest absolute Gasteiger partial charge is 0.0793 e. The number of hydrogen-bond donors (Lipinski definition) is 4. The van der Waals surface area contributed by atoms with Crippen LogP contribution in [-0.2, 0) is 0 Å². The van der Waals surface area contributed by atoms with Crippen molar-refractivity contribution in [2.75, 3.05) is 6.61 Å². The van der Waals surface area contributed by atoms with Crippen LogP contribution in [0.15, 0.2) is 0 Å². The highest BCUT2D eigenvalue weighted by atomic mass is 16.3. The van der Waals surface area contributed by atoms with Gasteiger partial charge in [-0.2, -0.15) is 0 Å². The van der Waals surface area contributed by atoms with Crippen molar-refractivity contribution in [3.8, 4) is 0 Å². The summed E-state index contributed by atoms with van der Waals surface area (Å²) in [5.74, 6) is 0. The van der Waals surface area contributed by atoms with Gasteiger partial charge in [-0.1, -0.05) is 6.92 Å². The number of aliphatic hydroxyl groups is 4. The molecule has 88 valence electrons. The molecule has 0 aliphatic carbocycles. The standard InChI is InChI=1S/2C5H12O2/c1-5(7)3-2-4-6;1-3-5(7)4(2)6/h5-7H,2-4H2,1H3;4-7H,3H2,1-2H3. The van der Waals surface area contributed by atoms with Gasteiger partial charge in [0.1, 0.15) is 0 Å². The fourth-order valence-electron chi connectivity index (χ4n) is 0.728. The van der Waals surface area contributed by atoms with E-state index < -0.39 is 12.2 Å². The molecule has 0 aromatic rings. The molecular weight excluding hydrogens is 184 g/mol. The SMILES string of the molecule is CC(O)CCCO.CCC(O)C(C)O. The Kier molecular flexibility index (Phi) is 12.7. The second-order valence-corrected chi connectivity index (χ2v) is 3.43. The Morgan fingerprint density at radius 2 is 1.57 bits per heavy atom. The molecule has 0 radical (unpaired) electrons. The highest BCUT2D eigenvalue weighted by Crippen LogP contribution is 1.94. The Morgan fingerprint density at radius 1 is 1.07 bits per heavy atom. The van der Waals surface area contributed by atoms with E-state index in [0.29, 0.717) is 19.3 Å². The van der Waals surface area contributed by atoms with Gasteiger partial charge in [-0.25, -0.2) is 0 Å². The van der Waals surface area contributed by atoms with Crippen LogP contribution in [-0.4, -0.2) is 45.3 Å². The molecule has 0 saturated heterocycles. The second-order valence-electron chi connectivity index (χ2n) is 3.43. The molecule has 4 nitrogen and oxygen atoms in total. The topological polar surface area (TPSA) is 80.9 Å². The first-order chi connectivity index (χ1) is 6.45. The maximum absolute atomic E-state index is 8.69. The van der Waals surface area contributed by atoms with Gasteiger partial charge in [-0.15, -0.1) is 0 Å². The Labute approximate surface area is 86.2 Å². The first-order valence-corrected chi connectivity index (χ1v) is 5.10. The van der Waals surface area contributed by atoms with Crippen LogP contribution in [0.2, 0.25) is 0 Å². The third-order valence-electron chi connectivity index (χ3n) is 1.76. The van der Waals surface area contributed by atoms with Crippen LogP contribution in [0.4, 0.5) is 0 Å². The summed E-state index contributed by atoms with van der Waals surface area (Å²) in [7, 11) is 0. The molecule has 0 spiro atoms. The normalized spacial score (nSPS) is 16.5. The largest absolute Gasteiger partial charge is 0.396 e. The van der Waals surface area contributed by atoms with Crippen molar-refractivity contribution in [2.24, 2.45) is 0 Å². The molecule has 3 unspecified atom stereocenters. The maximum Gasteiger partial charge on any atom is 0.0793 e. The lowest BCUT2D eigenvalue weighted by molar-refractivity contribution is 0.0294. The lowest BCUT2D eigenvalue weighted by Crippen LogP contribution is -2.20. The van der Waals surface area contributed by atoms with Crippen LogP contribution in [0.25, 0.3) is 0 Å². The summed E-state index contributed by atoms with van der Waals surface area (Å²) in [5, 5.41) is 34.0. The highest BCUT2D eigenvalue weighted by Gasteiger charge is 2.05. The molecule has 0 aliphatic heterocycles. The maximum atomic E-state index is 8.69. The van der Waals surface area contributed by atoms with Crippen LogP contribution in [0.1, 0.15) is 40.0 Å². The summed E-state index contributed by atoms with van der Waals surface area (Å²) in [6.07, 6.45) is 0.656. The number of hydrogen-bond acceptors (Lipinski definition) is 4. The molecule has 0 fully saturated rings. The van der Waals surface area contributed by atoms with Crippen molar-refractivity contribution in [3.05, 3.63) is 0 Å². The summed E-state index contributed by atoms with van der Waals surface area (Å²) in [4.78, 5) is 0. The Morgan fingerprint density at radius 3 is 1.64 bits per heavy atom. The summed E-state index contributed by atoms with van der Waals surface area (Å²) in [5.41, 5.74) is 0. The van der Waals surface area contributed by atoms with Crippen molar-refractivity contribution < 1.29 is 20.4 Å². The van der Waals surface area contributed by atoms with Gasteiger partial charge in [0, 0.05) is 6.61 Å². The molecule has 4 N–H and O–H groups in total. The van der Waals surface area contributed by atoms with Gasteiger partial charge in [0.2, 0.25) is 0 Å². The van der Waals surface area contributed by atoms with E-state index in [0.717, 1.165) is 0 Å². The Balaban J connectivity index is 0. The van der Waals surface area contributed by atoms with Gasteiger partial charge < -0.3 is 20.4 Å². The Hall–Kier alpha value is -0.160. The third kappa shape index (κ3) is 14.4. The minimum atomic E-state index is -0.579. The zero-order valence-corrected chi connectivity index (χ0v) is 9.35. The molecule has 4 heteroatoms. The molecule has 0 amide bonds. The van der Waals surface area contributed by atoms with Gasteiger partial charge in [-0.3, -0.25) is 0 Å². The van der Waals surface area contributed by atoms with Gasteiger partial charge in [0.25, 0.3) is 0 Å². The van der Waals surface area contributed by atoms with E-state index in [-0.39, 0.29) is 12.7 Å². The minimum Gasteiger partial charge on any atom is -0.396 e. The molecule has 0 rings (SSSR count). The van der Waals surface area contributed by atoms with Crippen LogP contribution in [0.3, 0.4) is 0 Å². The van der Waals surface area contributed by atoms with Crippen molar-refractivity contribution in [1.82, 2.24) is 0 Å². The molecule has 0 aliphatic rings. The fourth-order valence-corrected chi connectivity index (χ4v) is 0.728. The molecule has 0 heterocycles. The third-order valence-corrected chi connectivity index (χ3v) is 1.76. The van der Waals surface area contributed by atoms with E-state index in [1.54, 1.807) is 13.8 Å². The molecule has 0 saturated carbocycles. The van der Waals surface area contributed by atoms with Gasteiger partial charge in [-0.05, 0) is 33.1 Å². The zero-order chi connectivity index (χ0) is 11.6. The fraction of sp³-hybridized carbons (Fsp3) is 1.00. The lowest BCUT2D eigenvalue weighted by atomic mass is 10.2. The minimum absolute atomic E-state index is 0.185. The van der Waals surface area contributed by atoms with Gasteiger partial charge >= 0.3 is 0 Å². The van der Waals surface area contributed by atoms with Crippen LogP contribution < -0.4 is 0 Å². The zero-order valence-electron chi connectivity index (χ0n) is 9.35. The molecule has 0 aromatic heterocycles. The van der Waals surface area contributed by atoms with Crippen LogP contribution in [0.5, 0.6) is 0 Å². The van der Waals surface area contributed by atoms with Crippen LogP contribution in [0, 0.1) is 0 Å².